The van der Waals surface area contributed by atoms with Crippen molar-refractivity contribution in [2.75, 3.05) is 0 Å². The van der Waals surface area contributed by atoms with E-state index in [0.29, 0.717) is 6.04 Å². The molecule has 0 spiro atoms. The summed E-state index contributed by atoms with van der Waals surface area (Å²) in [5.41, 5.74) is 0. The zero-order valence-electron chi connectivity index (χ0n) is 5.09. The van der Waals surface area contributed by atoms with Gasteiger partial charge in [0.25, 0.3) is 0 Å². The van der Waals surface area contributed by atoms with E-state index >= 15 is 0 Å². The van der Waals surface area contributed by atoms with Crippen LogP contribution in [-0.2, 0) is 19.4 Å². The molecule has 0 aromatic heterocycles. The van der Waals surface area contributed by atoms with Gasteiger partial charge in [-0.25, -0.2) is 0 Å². The second-order valence-corrected chi connectivity index (χ2v) is 2.53. The Labute approximate surface area is 60.8 Å². The Balaban J connectivity index is 3.68. The van der Waals surface area contributed by atoms with Crippen molar-refractivity contribution >= 4 is 10.9 Å². The van der Waals surface area contributed by atoms with Crippen LogP contribution in [0.1, 0.15) is 13.8 Å². The van der Waals surface area contributed by atoms with Crippen LogP contribution in [0.5, 0.6) is 0 Å². The molecule has 0 amide bonds. The predicted molar refractivity (Wildman–Crippen MR) is 31.8 cm³/mol. The van der Waals surface area contributed by atoms with Gasteiger partial charge in [-0.15, -0.1) is 0 Å². The molecule has 1 N–H and O–H groups in total. The summed E-state index contributed by atoms with van der Waals surface area (Å²) in [6.07, 6.45) is 1.34. The summed E-state index contributed by atoms with van der Waals surface area (Å²) in [5, 5.41) is 6.87. The third-order valence-electron chi connectivity index (χ3n) is 0.867. The van der Waals surface area contributed by atoms with E-state index in [2.05, 4.69) is 13.8 Å². The van der Waals surface area contributed by atoms with E-state index < -0.39 is 0 Å². The van der Waals surface area contributed by atoms with Gasteiger partial charge in [-0.05, 0) is 0 Å². The van der Waals surface area contributed by atoms with Gasteiger partial charge >= 0.3 is 60.4 Å². The quantitative estimate of drug-likeness (QED) is 0.596. The van der Waals surface area contributed by atoms with Crippen molar-refractivity contribution in [3.8, 4) is 0 Å². The molecule has 0 atom stereocenters. The van der Waals surface area contributed by atoms with Crippen molar-refractivity contribution < 1.29 is 19.4 Å². The summed E-state index contributed by atoms with van der Waals surface area (Å²) in [7, 11) is 0. The zero-order valence-corrected chi connectivity index (χ0v) is 8.02. The van der Waals surface area contributed by atoms with E-state index in [1.54, 1.807) is 0 Å². The van der Waals surface area contributed by atoms with E-state index in [9.17, 15) is 0 Å². The molecule has 0 aromatic rings. The molecule has 0 aliphatic heterocycles. The van der Waals surface area contributed by atoms with Crippen LogP contribution in [0.2, 0.25) is 0 Å². The summed E-state index contributed by atoms with van der Waals surface area (Å²) in [6.45, 7) is 4.12. The monoisotopic (exact) mass is 282 g/mol. The Bertz CT molecular complexity index is 82.4. The zero-order chi connectivity index (χ0) is 6.57. The van der Waals surface area contributed by atoms with Crippen LogP contribution < -0.4 is 0 Å². The summed E-state index contributed by atoms with van der Waals surface area (Å²) in [5.74, 6) is 0. The normalized spacial score (nSPS) is 8.88. The number of hydrogen-bond donors (Lipinski definition) is 1. The number of nitrogens with one attached hydrogen (secondary N) is 1. The van der Waals surface area contributed by atoms with Crippen molar-refractivity contribution in [3.05, 3.63) is 0 Å². The molecule has 3 heteroatoms. The summed E-state index contributed by atoms with van der Waals surface area (Å²) in [6, 6.07) is 0.435. The summed E-state index contributed by atoms with van der Waals surface area (Å²) < 4.78 is 1.97. The SMILES string of the molecule is CC(C)N(C=N)[CH]=[W]. The first-order valence-corrected chi connectivity index (χ1v) is 4.15. The molecule has 8 heavy (non-hydrogen) atoms. The van der Waals surface area contributed by atoms with Crippen LogP contribution in [0.25, 0.3) is 0 Å². The average molecular weight is 282 g/mol. The second-order valence-electron chi connectivity index (χ2n) is 1.78. The molecular weight excluding hydrogens is 272 g/mol. The van der Waals surface area contributed by atoms with Gasteiger partial charge in [0, 0.05) is 0 Å². The van der Waals surface area contributed by atoms with Gasteiger partial charge in [0.05, 0.1) is 0 Å². The third kappa shape index (κ3) is 2.36. The molecule has 0 aliphatic carbocycles. The predicted octanol–water partition coefficient (Wildman–Crippen LogP) is 0.610. The molecule has 2 nitrogen and oxygen atoms in total. The van der Waals surface area contributed by atoms with Gasteiger partial charge in [0.2, 0.25) is 0 Å². The van der Waals surface area contributed by atoms with Crippen molar-refractivity contribution in [2.24, 2.45) is 0 Å². The Morgan fingerprint density at radius 2 is 2.12 bits per heavy atom. The van der Waals surface area contributed by atoms with Gasteiger partial charge in [0.1, 0.15) is 0 Å². The van der Waals surface area contributed by atoms with E-state index in [1.807, 2.05) is 9.42 Å². The van der Waals surface area contributed by atoms with Crippen molar-refractivity contribution in [3.63, 3.8) is 0 Å². The van der Waals surface area contributed by atoms with Gasteiger partial charge in [0.15, 0.2) is 0 Å². The molecule has 0 saturated carbocycles. The first-order valence-electron chi connectivity index (χ1n) is 2.45. The van der Waals surface area contributed by atoms with Crippen LogP contribution in [0.15, 0.2) is 0 Å². The maximum atomic E-state index is 6.87. The first kappa shape index (κ1) is 8.03. The van der Waals surface area contributed by atoms with Gasteiger partial charge in [-0.1, -0.05) is 0 Å². The standard InChI is InChI=1S/C5H10N2.W/c1-5(2)7(3)4-6;/h3-6H,1-2H3;. The molecule has 0 fully saturated rings. The molecule has 0 bridgehead atoms. The topological polar surface area (TPSA) is 27.1 Å². The molecule has 0 rings (SSSR count). The Kier molecular flexibility index (Phi) is 3.98. The molecule has 0 radical (unpaired) electrons. The van der Waals surface area contributed by atoms with Crippen LogP contribution in [0.4, 0.5) is 0 Å². The number of nitrogens with zero attached hydrogens (tertiary/aromatic N) is 1. The fourth-order valence-corrected chi connectivity index (χ4v) is 1.39. The fourth-order valence-electron chi connectivity index (χ4n) is 0.301. The van der Waals surface area contributed by atoms with Crippen LogP contribution in [0.3, 0.4) is 0 Å². The molecule has 0 heterocycles. The molecule has 0 aromatic carbocycles. The number of hydrogen-bond acceptors (Lipinski definition) is 1. The minimum atomic E-state index is 0.435. The van der Waals surface area contributed by atoms with Crippen molar-refractivity contribution in [2.45, 2.75) is 19.9 Å². The van der Waals surface area contributed by atoms with E-state index in [4.69, 9.17) is 5.41 Å². The average Bonchev–Trinajstić information content (AvgIpc) is 1.69. The van der Waals surface area contributed by atoms with Gasteiger partial charge in [-0.3, -0.25) is 0 Å². The fraction of sp³-hybridized carbons (Fsp3) is 0.600. The minimum absolute atomic E-state index is 0.435. The second kappa shape index (κ2) is 3.96. The number of rotatable bonds is 3. The summed E-state index contributed by atoms with van der Waals surface area (Å²) in [4.78, 5) is 1.87. The molecule has 0 aliphatic rings. The molecule has 0 saturated heterocycles. The van der Waals surface area contributed by atoms with Crippen LogP contribution in [-0.4, -0.2) is 21.8 Å². The molecule has 0 unspecified atom stereocenters. The van der Waals surface area contributed by atoms with Crippen molar-refractivity contribution in [1.82, 2.24) is 4.90 Å². The van der Waals surface area contributed by atoms with E-state index in [0.717, 1.165) is 0 Å². The van der Waals surface area contributed by atoms with E-state index in [1.165, 1.54) is 25.7 Å². The first-order chi connectivity index (χ1) is 3.72. The molecular formula is C5H10N2W. The molecule has 46 valence electrons. The Hall–Kier alpha value is 0.0283. The van der Waals surface area contributed by atoms with Crippen molar-refractivity contribution in [1.29, 1.82) is 5.41 Å². The Morgan fingerprint density at radius 1 is 1.62 bits per heavy atom. The van der Waals surface area contributed by atoms with Gasteiger partial charge < -0.3 is 0 Å². The van der Waals surface area contributed by atoms with Crippen LogP contribution >= 0.6 is 0 Å². The van der Waals surface area contributed by atoms with Gasteiger partial charge in [-0.2, -0.15) is 0 Å². The maximum absolute atomic E-state index is 6.87. The summed E-state index contributed by atoms with van der Waals surface area (Å²) >= 11 is 1.39. The van der Waals surface area contributed by atoms with E-state index in [-0.39, 0.29) is 0 Å². The van der Waals surface area contributed by atoms with Crippen LogP contribution in [0, 0.1) is 5.41 Å². The third-order valence-corrected chi connectivity index (χ3v) is 1.74. The Morgan fingerprint density at radius 3 is 2.12 bits per heavy atom.